The number of rotatable bonds is 2. The van der Waals surface area contributed by atoms with E-state index in [4.69, 9.17) is 22.3 Å². The van der Waals surface area contributed by atoms with E-state index in [0.717, 1.165) is 5.56 Å². The van der Waals surface area contributed by atoms with Crippen molar-refractivity contribution >= 4 is 0 Å². The van der Waals surface area contributed by atoms with E-state index < -0.39 is 0 Å². The number of ether oxygens (including phenoxy) is 2. The maximum atomic E-state index is 5.35. The molecule has 1 aromatic rings. The van der Waals surface area contributed by atoms with Crippen molar-refractivity contribution in [1.82, 2.24) is 0 Å². The van der Waals surface area contributed by atoms with E-state index in [1.165, 1.54) is 0 Å². The molecule has 128 valence electrons. The van der Waals surface area contributed by atoms with Crippen LogP contribution in [0.2, 0.25) is 0 Å². The van der Waals surface area contributed by atoms with Crippen molar-refractivity contribution in [2.45, 2.75) is 6.92 Å². The van der Waals surface area contributed by atoms with Crippen LogP contribution < -0.4 is 9.47 Å². The highest BCUT2D eigenvalue weighted by Gasteiger charge is 2.04. The quantitative estimate of drug-likeness (QED) is 0.747. The zero-order valence-electron chi connectivity index (χ0n) is 15.2. The fourth-order valence-corrected chi connectivity index (χ4v) is 1.38. The van der Waals surface area contributed by atoms with Crippen molar-refractivity contribution in [3.05, 3.63) is 23.8 Å². The highest BCUT2D eigenvalue weighted by atomic mass is 16.5. The lowest BCUT2D eigenvalue weighted by Crippen LogP contribution is -1.90. The summed E-state index contributed by atoms with van der Waals surface area (Å²) < 4.78 is 10.7. The van der Waals surface area contributed by atoms with Gasteiger partial charge in [0, 0.05) is 47.4 Å². The van der Waals surface area contributed by atoms with Gasteiger partial charge in [0.1, 0.15) is 12.2 Å². The lowest BCUT2D eigenvalue weighted by atomic mass is 10.2. The zero-order valence-corrected chi connectivity index (χ0v) is 15.2. The lowest BCUT2D eigenvalue weighted by Gasteiger charge is -2.04. The Balaban J connectivity index is 2.78. The summed E-state index contributed by atoms with van der Waals surface area (Å²) in [6.45, 7) is 1.90. The standard InChI is InChI=1S/C27H8O2/c1-4-6-8-10-12-14-16-18-22-28-26-21-20-25(3)24-27(26)29-23-19-17-15-13-11-9-7-5-2/h1-2,20-21,24H,3H3. The Labute approximate surface area is 171 Å². The maximum Gasteiger partial charge on any atom is 0.184 e. The number of terminal acetylenes is 2. The van der Waals surface area contributed by atoms with E-state index >= 15 is 0 Å². The number of aryl methyl sites for hydroxylation is 1. The Bertz CT molecular complexity index is 1360. The molecule has 0 radical (unpaired) electrons. The molecule has 1 rings (SSSR count). The fourth-order valence-electron chi connectivity index (χ4n) is 1.38. The number of hydrogen-bond acceptors (Lipinski definition) is 2. The van der Waals surface area contributed by atoms with Gasteiger partial charge in [0.15, 0.2) is 11.5 Å². The fraction of sp³-hybridized carbons (Fsp3) is 0.0370. The molecule has 0 N–H and O–H groups in total. The molecule has 2 nitrogen and oxygen atoms in total. The SMILES string of the molecule is C#CC#CC#CC#CC#COc1ccc(C)cc1OC#CC#CC#CC#CC#C. The molecule has 0 amide bonds. The van der Waals surface area contributed by atoms with Crippen LogP contribution in [-0.2, 0) is 0 Å². The molecule has 0 aliphatic carbocycles. The van der Waals surface area contributed by atoms with Crippen LogP contribution in [0.4, 0.5) is 0 Å². The highest BCUT2D eigenvalue weighted by Crippen LogP contribution is 2.27. The monoisotopic (exact) mass is 364 g/mol. The molecule has 0 bridgehead atoms. The molecule has 0 aliphatic heterocycles. The van der Waals surface area contributed by atoms with Crippen LogP contribution in [0.5, 0.6) is 11.5 Å². The third kappa shape index (κ3) is 10.8. The minimum Gasteiger partial charge on any atom is -0.403 e. The summed E-state index contributed by atoms with van der Waals surface area (Å²) in [4.78, 5) is 0. The topological polar surface area (TPSA) is 18.5 Å². The molecule has 0 heterocycles. The lowest BCUT2D eigenvalue weighted by molar-refractivity contribution is 0.452. The zero-order chi connectivity index (χ0) is 21.0. The van der Waals surface area contributed by atoms with E-state index in [-0.39, 0.29) is 0 Å². The first-order chi connectivity index (χ1) is 14.3. The second-order valence-corrected chi connectivity index (χ2v) is 4.40. The Morgan fingerprint density at radius 1 is 0.552 bits per heavy atom. The van der Waals surface area contributed by atoms with Gasteiger partial charge < -0.3 is 9.47 Å². The predicted octanol–water partition coefficient (Wildman–Crippen LogP) is 1.96. The van der Waals surface area contributed by atoms with Crippen molar-refractivity contribution in [3.8, 4) is 131 Å². The molecule has 0 saturated heterocycles. The van der Waals surface area contributed by atoms with E-state index in [1.807, 2.05) is 13.0 Å². The Morgan fingerprint density at radius 3 is 1.45 bits per heavy atom. The minimum atomic E-state index is 0.377. The smallest absolute Gasteiger partial charge is 0.184 e. The van der Waals surface area contributed by atoms with Crippen LogP contribution in [-0.4, -0.2) is 0 Å². The summed E-state index contributed by atoms with van der Waals surface area (Å²) >= 11 is 0. The van der Waals surface area contributed by atoms with Crippen molar-refractivity contribution in [1.29, 1.82) is 0 Å². The second kappa shape index (κ2) is 14.7. The molecule has 0 aromatic heterocycles. The summed E-state index contributed by atoms with van der Waals surface area (Å²) in [6, 6.07) is 5.28. The Morgan fingerprint density at radius 2 is 0.966 bits per heavy atom. The van der Waals surface area contributed by atoms with Gasteiger partial charge in [-0.1, -0.05) is 6.07 Å². The first-order valence-electron chi connectivity index (χ1n) is 7.63. The molecule has 0 fully saturated rings. The summed E-state index contributed by atoms with van der Waals surface area (Å²) in [6.07, 6.45) is 14.8. The first-order valence-corrected chi connectivity index (χ1v) is 7.63. The second-order valence-electron chi connectivity index (χ2n) is 4.40. The normalized spacial score (nSPS) is 5.90. The summed E-state index contributed by atoms with van der Waals surface area (Å²) in [5, 5.41) is 0. The molecule has 2 heteroatoms. The maximum absolute atomic E-state index is 5.35. The van der Waals surface area contributed by atoms with Gasteiger partial charge in [0.05, 0.1) is 0 Å². The van der Waals surface area contributed by atoms with Gasteiger partial charge in [-0.3, -0.25) is 0 Å². The third-order valence-electron chi connectivity index (χ3n) is 2.42. The minimum absolute atomic E-state index is 0.377. The summed E-state index contributed by atoms with van der Waals surface area (Å²) in [5.41, 5.74) is 0.953. The van der Waals surface area contributed by atoms with Crippen molar-refractivity contribution in [2.75, 3.05) is 0 Å². The summed E-state index contributed by atoms with van der Waals surface area (Å²) in [7, 11) is 0. The molecular weight excluding hydrogens is 356 g/mol. The van der Waals surface area contributed by atoms with Crippen LogP contribution in [0.25, 0.3) is 0 Å². The predicted molar refractivity (Wildman–Crippen MR) is 112 cm³/mol. The van der Waals surface area contributed by atoms with Crippen molar-refractivity contribution in [3.63, 3.8) is 0 Å². The van der Waals surface area contributed by atoms with Crippen LogP contribution >= 0.6 is 0 Å². The average Bonchev–Trinajstić information content (AvgIpc) is 2.72. The number of benzene rings is 1. The van der Waals surface area contributed by atoms with Crippen LogP contribution in [0.1, 0.15) is 5.56 Å². The first kappa shape index (κ1) is 21.5. The molecule has 29 heavy (non-hydrogen) atoms. The van der Waals surface area contributed by atoms with Gasteiger partial charge in [-0.2, -0.15) is 0 Å². The molecule has 0 unspecified atom stereocenters. The van der Waals surface area contributed by atoms with Gasteiger partial charge in [0.2, 0.25) is 0 Å². The largest absolute Gasteiger partial charge is 0.403 e. The molecule has 0 saturated carbocycles. The van der Waals surface area contributed by atoms with Gasteiger partial charge >= 0.3 is 0 Å². The molecule has 0 atom stereocenters. The van der Waals surface area contributed by atoms with Crippen molar-refractivity contribution in [2.24, 2.45) is 0 Å². The van der Waals surface area contributed by atoms with Gasteiger partial charge in [-0.05, 0) is 72.0 Å². The van der Waals surface area contributed by atoms with Gasteiger partial charge in [-0.15, -0.1) is 12.8 Å². The van der Waals surface area contributed by atoms with E-state index in [9.17, 15) is 0 Å². The third-order valence-corrected chi connectivity index (χ3v) is 2.42. The van der Waals surface area contributed by atoms with E-state index in [0.29, 0.717) is 11.5 Å². The van der Waals surface area contributed by atoms with Gasteiger partial charge in [-0.25, -0.2) is 0 Å². The number of hydrogen-bond donors (Lipinski definition) is 0. The van der Waals surface area contributed by atoms with Crippen LogP contribution in [0, 0.1) is 127 Å². The molecule has 0 spiro atoms. The van der Waals surface area contributed by atoms with Gasteiger partial charge in [0.25, 0.3) is 0 Å². The average molecular weight is 364 g/mol. The van der Waals surface area contributed by atoms with Crippen LogP contribution in [0.3, 0.4) is 0 Å². The van der Waals surface area contributed by atoms with E-state index in [2.05, 4.69) is 107 Å². The highest BCUT2D eigenvalue weighted by molar-refractivity contribution is 5.46. The van der Waals surface area contributed by atoms with E-state index in [1.54, 1.807) is 12.1 Å². The summed E-state index contributed by atoms with van der Waals surface area (Å²) in [5.74, 6) is 39.4. The van der Waals surface area contributed by atoms with Crippen molar-refractivity contribution < 1.29 is 9.47 Å². The molecule has 1 aromatic carbocycles. The Hall–Kier alpha value is -5.58. The molecular formula is C27H8O2. The Kier molecular flexibility index (Phi) is 10.9. The van der Waals surface area contributed by atoms with Crippen LogP contribution in [0.15, 0.2) is 18.2 Å². The molecule has 0 aliphatic rings.